The Morgan fingerprint density at radius 1 is 1.19 bits per heavy atom. The van der Waals surface area contributed by atoms with Gasteiger partial charge >= 0.3 is 5.97 Å². The van der Waals surface area contributed by atoms with Crippen molar-refractivity contribution in [2.75, 3.05) is 18.1 Å². The maximum atomic E-state index is 12.1. The van der Waals surface area contributed by atoms with Gasteiger partial charge in [0.15, 0.2) is 16.4 Å². The number of esters is 1. The molecule has 0 aliphatic carbocycles. The van der Waals surface area contributed by atoms with Gasteiger partial charge in [-0.15, -0.1) is 0 Å². The van der Waals surface area contributed by atoms with E-state index in [-0.39, 0.29) is 17.1 Å². The Kier molecular flexibility index (Phi) is 4.90. The Morgan fingerprint density at radius 2 is 1.88 bits per heavy atom. The zero-order valence-corrected chi connectivity index (χ0v) is 15.3. The van der Waals surface area contributed by atoms with Crippen molar-refractivity contribution in [3.63, 3.8) is 0 Å². The number of rotatable bonds is 4. The van der Waals surface area contributed by atoms with Gasteiger partial charge in [-0.2, -0.15) is 0 Å². The number of aromatic nitrogens is 2. The minimum absolute atomic E-state index is 0.0642. The van der Waals surface area contributed by atoms with E-state index in [1.807, 2.05) is 13.8 Å². The first-order chi connectivity index (χ1) is 12.2. The van der Waals surface area contributed by atoms with Gasteiger partial charge in [-0.05, 0) is 38.5 Å². The predicted molar refractivity (Wildman–Crippen MR) is 94.5 cm³/mol. The van der Waals surface area contributed by atoms with Crippen LogP contribution < -0.4 is 5.32 Å². The van der Waals surface area contributed by atoms with E-state index in [1.54, 1.807) is 18.2 Å². The van der Waals surface area contributed by atoms with Crippen molar-refractivity contribution in [2.24, 2.45) is 0 Å². The van der Waals surface area contributed by atoms with Gasteiger partial charge in [0.1, 0.15) is 0 Å². The summed E-state index contributed by atoms with van der Waals surface area (Å²) in [5, 5.41) is 2.57. The molecular formula is C17H19N3O5S. The highest BCUT2D eigenvalue weighted by Crippen LogP contribution is 2.15. The molecule has 1 atom stereocenters. The van der Waals surface area contributed by atoms with E-state index in [1.165, 1.54) is 0 Å². The third-order valence-corrected chi connectivity index (χ3v) is 6.01. The van der Waals surface area contributed by atoms with Gasteiger partial charge in [0.25, 0.3) is 5.91 Å². The van der Waals surface area contributed by atoms with Gasteiger partial charge in [-0.3, -0.25) is 4.79 Å². The molecule has 0 bridgehead atoms. The standard InChI is InChI=1S/C17H19N3O5S/c1-10-11(2)19-15-7-12(3-4-14(15)18-10)17(22)25-8-16(21)20-13-5-6-26(23,24)9-13/h3-4,7,13H,5-6,8-9H2,1-2H3,(H,20,21)/t13-/m0/s1. The summed E-state index contributed by atoms with van der Waals surface area (Å²) in [7, 11) is -3.08. The first kappa shape index (κ1) is 18.2. The lowest BCUT2D eigenvalue weighted by Gasteiger charge is -2.11. The average molecular weight is 377 g/mol. The summed E-state index contributed by atoms with van der Waals surface area (Å²) in [6.07, 6.45) is 0.379. The number of fused-ring (bicyclic) bond motifs is 1. The molecule has 2 heterocycles. The molecule has 1 amide bonds. The Balaban J connectivity index is 1.60. The van der Waals surface area contributed by atoms with Crippen LogP contribution in [0.5, 0.6) is 0 Å². The highest BCUT2D eigenvalue weighted by atomic mass is 32.2. The maximum absolute atomic E-state index is 12.1. The Bertz CT molecular complexity index is 987. The summed E-state index contributed by atoms with van der Waals surface area (Å²) >= 11 is 0. The zero-order chi connectivity index (χ0) is 18.9. The van der Waals surface area contributed by atoms with E-state index in [9.17, 15) is 18.0 Å². The van der Waals surface area contributed by atoms with Gasteiger partial charge in [-0.25, -0.2) is 23.2 Å². The van der Waals surface area contributed by atoms with Crippen molar-refractivity contribution < 1.29 is 22.7 Å². The average Bonchev–Trinajstić information content (AvgIpc) is 2.91. The van der Waals surface area contributed by atoms with E-state index in [4.69, 9.17) is 4.74 Å². The molecule has 138 valence electrons. The molecule has 8 nitrogen and oxygen atoms in total. The van der Waals surface area contributed by atoms with Crippen molar-refractivity contribution >= 4 is 32.7 Å². The molecule has 0 spiro atoms. The van der Waals surface area contributed by atoms with Gasteiger partial charge in [-0.1, -0.05) is 0 Å². The van der Waals surface area contributed by atoms with Crippen molar-refractivity contribution in [3.8, 4) is 0 Å². The fourth-order valence-electron chi connectivity index (χ4n) is 2.75. The fraction of sp³-hybridized carbons (Fsp3) is 0.412. The molecule has 1 aliphatic rings. The summed E-state index contributed by atoms with van der Waals surface area (Å²) in [6.45, 7) is 3.23. The van der Waals surface area contributed by atoms with E-state index in [0.29, 0.717) is 17.5 Å². The molecule has 0 saturated carbocycles. The second-order valence-corrected chi connectivity index (χ2v) is 8.57. The number of ether oxygens (including phenoxy) is 1. The van der Waals surface area contributed by atoms with E-state index < -0.39 is 34.4 Å². The maximum Gasteiger partial charge on any atom is 0.338 e. The summed E-state index contributed by atoms with van der Waals surface area (Å²) in [6, 6.07) is 4.39. The Hall–Kier alpha value is -2.55. The summed E-state index contributed by atoms with van der Waals surface area (Å²) in [4.78, 5) is 32.8. The quantitative estimate of drug-likeness (QED) is 0.780. The number of nitrogens with zero attached hydrogens (tertiary/aromatic N) is 2. The fourth-order valence-corrected chi connectivity index (χ4v) is 4.42. The molecule has 1 aliphatic heterocycles. The van der Waals surface area contributed by atoms with Crippen LogP contribution in [-0.2, 0) is 19.4 Å². The number of aryl methyl sites for hydroxylation is 2. The lowest BCUT2D eigenvalue weighted by Crippen LogP contribution is -2.38. The molecule has 1 saturated heterocycles. The molecule has 1 fully saturated rings. The molecule has 0 radical (unpaired) electrons. The zero-order valence-electron chi connectivity index (χ0n) is 14.5. The normalized spacial score (nSPS) is 18.6. The van der Waals surface area contributed by atoms with Crippen LogP contribution in [0.4, 0.5) is 0 Å². The lowest BCUT2D eigenvalue weighted by molar-refractivity contribution is -0.124. The molecule has 1 aromatic carbocycles. The van der Waals surface area contributed by atoms with Crippen LogP contribution in [0.3, 0.4) is 0 Å². The molecular weight excluding hydrogens is 358 g/mol. The molecule has 1 aromatic heterocycles. The van der Waals surface area contributed by atoms with Crippen molar-refractivity contribution in [1.29, 1.82) is 0 Å². The van der Waals surface area contributed by atoms with Crippen LogP contribution in [0.25, 0.3) is 11.0 Å². The minimum Gasteiger partial charge on any atom is -0.452 e. The van der Waals surface area contributed by atoms with Crippen LogP contribution in [0.15, 0.2) is 18.2 Å². The SMILES string of the molecule is Cc1nc2ccc(C(=O)OCC(=O)N[C@H]3CCS(=O)(=O)C3)cc2nc1C. The number of carbonyl (C=O) groups is 2. The monoisotopic (exact) mass is 377 g/mol. The van der Waals surface area contributed by atoms with Crippen LogP contribution in [-0.4, -0.2) is 54.4 Å². The van der Waals surface area contributed by atoms with E-state index in [0.717, 1.165) is 11.4 Å². The van der Waals surface area contributed by atoms with Crippen molar-refractivity contribution in [3.05, 3.63) is 35.2 Å². The number of carbonyl (C=O) groups excluding carboxylic acids is 2. The third-order valence-electron chi connectivity index (χ3n) is 4.24. The first-order valence-corrected chi connectivity index (χ1v) is 9.97. The number of hydrogen-bond donors (Lipinski definition) is 1. The number of amides is 1. The van der Waals surface area contributed by atoms with Crippen molar-refractivity contribution in [2.45, 2.75) is 26.3 Å². The molecule has 9 heteroatoms. The van der Waals surface area contributed by atoms with Gasteiger partial charge in [0, 0.05) is 6.04 Å². The van der Waals surface area contributed by atoms with E-state index >= 15 is 0 Å². The molecule has 1 N–H and O–H groups in total. The summed E-state index contributed by atoms with van der Waals surface area (Å²) < 4.78 is 27.8. The highest BCUT2D eigenvalue weighted by Gasteiger charge is 2.29. The summed E-state index contributed by atoms with van der Waals surface area (Å²) in [5.41, 5.74) is 3.10. The predicted octanol–water partition coefficient (Wildman–Crippen LogP) is 0.707. The van der Waals surface area contributed by atoms with Crippen LogP contribution >= 0.6 is 0 Å². The second kappa shape index (κ2) is 6.99. The Labute approximate surface area is 150 Å². The van der Waals surface area contributed by atoms with Crippen molar-refractivity contribution in [1.82, 2.24) is 15.3 Å². The second-order valence-electron chi connectivity index (χ2n) is 6.34. The van der Waals surface area contributed by atoms with Crippen LogP contribution in [0.2, 0.25) is 0 Å². The van der Waals surface area contributed by atoms with Gasteiger partial charge in [0.05, 0.1) is 39.5 Å². The smallest absolute Gasteiger partial charge is 0.338 e. The van der Waals surface area contributed by atoms with Crippen LogP contribution in [0.1, 0.15) is 28.2 Å². The first-order valence-electron chi connectivity index (χ1n) is 8.15. The minimum atomic E-state index is -3.08. The molecule has 2 aromatic rings. The number of nitrogens with one attached hydrogen (secondary N) is 1. The largest absolute Gasteiger partial charge is 0.452 e. The van der Waals surface area contributed by atoms with Gasteiger partial charge < -0.3 is 10.1 Å². The van der Waals surface area contributed by atoms with Gasteiger partial charge in [0.2, 0.25) is 0 Å². The number of sulfone groups is 1. The molecule has 0 unspecified atom stereocenters. The number of benzene rings is 1. The number of hydrogen-bond acceptors (Lipinski definition) is 7. The Morgan fingerprint density at radius 3 is 2.54 bits per heavy atom. The molecule has 3 rings (SSSR count). The lowest BCUT2D eigenvalue weighted by atomic mass is 10.2. The summed E-state index contributed by atoms with van der Waals surface area (Å²) in [5.74, 6) is -1.18. The highest BCUT2D eigenvalue weighted by molar-refractivity contribution is 7.91. The third kappa shape index (κ3) is 4.16. The topological polar surface area (TPSA) is 115 Å². The van der Waals surface area contributed by atoms with E-state index in [2.05, 4.69) is 15.3 Å². The van der Waals surface area contributed by atoms with Crippen LogP contribution in [0, 0.1) is 13.8 Å². The molecule has 26 heavy (non-hydrogen) atoms.